The molecule has 5 N–H and O–H groups in total. The van der Waals surface area contributed by atoms with Gasteiger partial charge in [0.05, 0.1) is 142 Å². The van der Waals surface area contributed by atoms with E-state index in [0.29, 0.717) is 130 Å². The van der Waals surface area contributed by atoms with Crippen LogP contribution in [-0.4, -0.2) is 243 Å². The Bertz CT molecular complexity index is 1970. The van der Waals surface area contributed by atoms with Gasteiger partial charge >= 0.3 is 13.1 Å². The standard InChI is InChI=1S/C57H101BN6O19/c1-10-43-16-15-41(4)57(9)51(43)82-58(83-57)46-14-12-22-64(46)55(72)50(40(2)3)62-53(70)45-13-11-21-63(45)54(71)42(5)60-52(69)44(39-81-56(6,7)8)61-48(66)19-23-73-25-27-75-29-31-77-33-35-79-37-38-80-36-34-78-32-30-76-28-26-74-24-20-59-47(65)17-18-49(67)68/h40-46,50-51H,10-39H2,1-9H3,(H,59,65)(H,60,69)(H,61,66)(H,62,70)(H,67,68)/t41-,42-,43?,44+,45+,46+,50+,51?,57+/m1/s1. The highest BCUT2D eigenvalue weighted by molar-refractivity contribution is 6.48. The summed E-state index contributed by atoms with van der Waals surface area (Å²) in [5, 5.41) is 19.7. The Hall–Kier alpha value is -4.09. The largest absolute Gasteiger partial charge is 0.481 e. The molecule has 0 aromatic heterocycles. The molecule has 0 radical (unpaired) electrons. The molecule has 0 aromatic rings. The van der Waals surface area contributed by atoms with Crippen LogP contribution in [0.15, 0.2) is 0 Å². The molecular formula is C57H101BN6O19. The lowest BCUT2D eigenvalue weighted by atomic mass is 9.69. The molecule has 2 unspecified atom stereocenters. The quantitative estimate of drug-likeness (QED) is 0.0432. The first-order valence-electron chi connectivity index (χ1n) is 30.2. The van der Waals surface area contributed by atoms with Gasteiger partial charge in [0, 0.05) is 32.5 Å². The zero-order valence-electron chi connectivity index (χ0n) is 51.2. The van der Waals surface area contributed by atoms with Crippen molar-refractivity contribution >= 4 is 48.5 Å². The van der Waals surface area contributed by atoms with Crippen LogP contribution in [0.4, 0.5) is 0 Å². The van der Waals surface area contributed by atoms with Gasteiger partial charge in [0.15, 0.2) is 0 Å². The first-order chi connectivity index (χ1) is 39.7. The molecule has 3 aliphatic heterocycles. The third kappa shape index (κ3) is 25.4. The number of amides is 6. The fourth-order valence-corrected chi connectivity index (χ4v) is 10.5. The molecule has 83 heavy (non-hydrogen) atoms. The number of carboxylic acid groups (broad SMARTS) is 1. The molecule has 6 amide bonds. The summed E-state index contributed by atoms with van der Waals surface area (Å²) in [6, 6.07) is -3.85. The third-order valence-corrected chi connectivity index (χ3v) is 15.4. The number of nitrogens with zero attached hydrogens (tertiary/aromatic N) is 2. The van der Waals surface area contributed by atoms with E-state index in [0.717, 1.165) is 32.1 Å². The van der Waals surface area contributed by atoms with Gasteiger partial charge < -0.3 is 88.1 Å². The van der Waals surface area contributed by atoms with Crippen LogP contribution in [-0.2, 0) is 85.5 Å². The number of nitrogens with one attached hydrogen (secondary N) is 4. The number of hydrogen-bond acceptors (Lipinski definition) is 18. The molecule has 3 saturated heterocycles. The summed E-state index contributed by atoms with van der Waals surface area (Å²) in [6.45, 7) is 23.9. The second-order valence-corrected chi connectivity index (χ2v) is 23.2. The van der Waals surface area contributed by atoms with Crippen molar-refractivity contribution in [3.8, 4) is 0 Å². The van der Waals surface area contributed by atoms with Crippen LogP contribution < -0.4 is 21.3 Å². The Labute approximate surface area is 492 Å². The predicted molar refractivity (Wildman–Crippen MR) is 305 cm³/mol. The maximum Gasteiger partial charge on any atom is 0.481 e. The molecule has 4 rings (SSSR count). The fourth-order valence-electron chi connectivity index (χ4n) is 10.5. The van der Waals surface area contributed by atoms with Gasteiger partial charge in [-0.1, -0.05) is 34.1 Å². The molecule has 0 spiro atoms. The molecular weight excluding hydrogens is 1080 g/mol. The van der Waals surface area contributed by atoms with Crippen molar-refractivity contribution in [2.45, 2.75) is 174 Å². The van der Waals surface area contributed by atoms with Gasteiger partial charge in [-0.15, -0.1) is 0 Å². The second-order valence-electron chi connectivity index (χ2n) is 23.2. The van der Waals surface area contributed by atoms with Crippen LogP contribution in [0.5, 0.6) is 0 Å². The number of carboxylic acids is 1. The molecule has 4 fully saturated rings. The van der Waals surface area contributed by atoms with Crippen molar-refractivity contribution in [3.63, 3.8) is 0 Å². The summed E-state index contributed by atoms with van der Waals surface area (Å²) in [6.07, 6.45) is 5.32. The van der Waals surface area contributed by atoms with Crippen molar-refractivity contribution in [1.29, 1.82) is 0 Å². The second kappa shape index (κ2) is 38.2. The number of ether oxygens (including phenoxy) is 9. The number of carbonyl (C=O) groups is 7. The van der Waals surface area contributed by atoms with Gasteiger partial charge in [0.1, 0.15) is 24.2 Å². The van der Waals surface area contributed by atoms with Gasteiger partial charge in [-0.3, -0.25) is 33.6 Å². The smallest absolute Gasteiger partial charge is 0.481 e. The number of carbonyl (C=O) groups excluding carboxylic acids is 6. The Balaban J connectivity index is 1.05. The van der Waals surface area contributed by atoms with Gasteiger partial charge in [-0.2, -0.15) is 0 Å². The number of likely N-dealkylation sites (tertiary alicyclic amines) is 2. The molecule has 4 aliphatic rings. The highest BCUT2D eigenvalue weighted by Crippen LogP contribution is 2.48. The van der Waals surface area contributed by atoms with E-state index in [-0.39, 0.29) is 75.5 Å². The lowest BCUT2D eigenvalue weighted by Crippen LogP contribution is -2.59. The molecule has 0 bridgehead atoms. The van der Waals surface area contributed by atoms with Crippen molar-refractivity contribution in [1.82, 2.24) is 31.1 Å². The highest BCUT2D eigenvalue weighted by Gasteiger charge is 2.59. The topological polar surface area (TPSA) is 296 Å². The van der Waals surface area contributed by atoms with Crippen LogP contribution in [0.1, 0.15) is 127 Å². The zero-order chi connectivity index (χ0) is 60.8. The fraction of sp³-hybridized carbons (Fsp3) is 0.877. The molecule has 26 heteroatoms. The number of hydrogen-bond donors (Lipinski definition) is 5. The Morgan fingerprint density at radius 1 is 0.651 bits per heavy atom. The minimum absolute atomic E-state index is 0.0387. The first-order valence-corrected chi connectivity index (χ1v) is 30.2. The minimum atomic E-state index is -1.13. The Morgan fingerprint density at radius 2 is 1.18 bits per heavy atom. The lowest BCUT2D eigenvalue weighted by Gasteiger charge is -2.44. The highest BCUT2D eigenvalue weighted by atomic mass is 16.7. The van der Waals surface area contributed by atoms with Crippen molar-refractivity contribution < 1.29 is 90.6 Å². The Kier molecular flexibility index (Phi) is 32.8. The molecule has 3 heterocycles. The summed E-state index contributed by atoms with van der Waals surface area (Å²) in [7, 11) is -0.549. The van der Waals surface area contributed by atoms with Crippen molar-refractivity contribution in [2.24, 2.45) is 17.8 Å². The monoisotopic (exact) mass is 1180 g/mol. The van der Waals surface area contributed by atoms with E-state index >= 15 is 0 Å². The van der Waals surface area contributed by atoms with Crippen LogP contribution in [0, 0.1) is 17.8 Å². The number of rotatable bonds is 42. The summed E-state index contributed by atoms with van der Waals surface area (Å²) in [4.78, 5) is 94.6. The van der Waals surface area contributed by atoms with Crippen LogP contribution in [0.25, 0.3) is 0 Å². The maximum atomic E-state index is 14.4. The summed E-state index contributed by atoms with van der Waals surface area (Å²) in [5.74, 6) is -3.29. The van der Waals surface area contributed by atoms with Crippen molar-refractivity contribution in [3.05, 3.63) is 0 Å². The first kappa shape index (κ1) is 71.4. The zero-order valence-corrected chi connectivity index (χ0v) is 51.2. The molecule has 9 atom stereocenters. The van der Waals surface area contributed by atoms with Gasteiger partial charge in [-0.25, -0.2) is 0 Å². The lowest BCUT2D eigenvalue weighted by molar-refractivity contribution is -0.143. The number of fused-ring (bicyclic) bond motifs is 1. The normalized spacial score (nSPS) is 22.8. The molecule has 25 nitrogen and oxygen atoms in total. The molecule has 1 saturated carbocycles. The predicted octanol–water partition coefficient (Wildman–Crippen LogP) is 2.08. The van der Waals surface area contributed by atoms with Gasteiger partial charge in [-0.05, 0) is 90.9 Å². The van der Waals surface area contributed by atoms with Crippen LogP contribution >= 0.6 is 0 Å². The maximum absolute atomic E-state index is 14.4. The van der Waals surface area contributed by atoms with E-state index in [4.69, 9.17) is 57.0 Å². The number of aliphatic carboxylic acids is 1. The molecule has 476 valence electrons. The van der Waals surface area contributed by atoms with E-state index in [9.17, 15) is 33.6 Å². The van der Waals surface area contributed by atoms with Crippen LogP contribution in [0.3, 0.4) is 0 Å². The average Bonchev–Trinajstić information content (AvgIpc) is 3.99. The summed E-state index contributed by atoms with van der Waals surface area (Å²) < 4.78 is 63.3. The average molecular weight is 1190 g/mol. The third-order valence-electron chi connectivity index (χ3n) is 15.4. The van der Waals surface area contributed by atoms with Crippen molar-refractivity contribution in [2.75, 3.05) is 132 Å². The van der Waals surface area contributed by atoms with E-state index in [1.807, 2.05) is 39.5 Å². The van der Waals surface area contributed by atoms with E-state index < -0.39 is 72.1 Å². The van der Waals surface area contributed by atoms with Gasteiger partial charge in [0.25, 0.3) is 0 Å². The van der Waals surface area contributed by atoms with E-state index in [1.165, 1.54) is 4.90 Å². The summed E-state index contributed by atoms with van der Waals surface area (Å²) >= 11 is 0. The SMILES string of the molecule is CCC1CC[C@@H](C)[C@]2(C)OB([C@@H]3CCCN3C(=O)[C@@H](NC(=O)[C@@H]3CCCN3C(=O)[C@@H](C)NC(=O)[C@H](COC(C)(C)C)NC(=O)CCOCCOCCOCCOCCOCCOCCOCCOCCNC(=O)CCC(=O)O)C(C)C)OC12. The minimum Gasteiger partial charge on any atom is -0.481 e. The Morgan fingerprint density at radius 3 is 1.71 bits per heavy atom. The van der Waals surface area contributed by atoms with Crippen LogP contribution in [0.2, 0.25) is 0 Å². The van der Waals surface area contributed by atoms with E-state index in [2.05, 4.69) is 42.0 Å². The van der Waals surface area contributed by atoms with Gasteiger partial charge in [0.2, 0.25) is 35.4 Å². The van der Waals surface area contributed by atoms with E-state index in [1.54, 1.807) is 6.92 Å². The molecule has 0 aromatic carbocycles. The summed E-state index contributed by atoms with van der Waals surface area (Å²) in [5.41, 5.74) is -1.06. The molecule has 1 aliphatic carbocycles.